The molecule has 0 aliphatic heterocycles. The highest BCUT2D eigenvalue weighted by atomic mass is 35.5. The van der Waals surface area contributed by atoms with Crippen molar-refractivity contribution < 1.29 is 41.8 Å². The van der Waals surface area contributed by atoms with Crippen molar-refractivity contribution in [3.63, 3.8) is 0 Å². The summed E-state index contributed by atoms with van der Waals surface area (Å²) in [5, 5.41) is 13.9. The van der Waals surface area contributed by atoms with Gasteiger partial charge in [0, 0.05) is 40.9 Å². The van der Waals surface area contributed by atoms with Gasteiger partial charge in [-0.3, -0.25) is 19.4 Å². The van der Waals surface area contributed by atoms with Crippen LogP contribution in [0.2, 0.25) is 5.02 Å². The Morgan fingerprint density at radius 1 is 0.842 bits per heavy atom. The third kappa shape index (κ3) is 10.9. The number of nitrogens with zero attached hydrogens (tertiary/aromatic N) is 4. The predicted molar refractivity (Wildman–Crippen MR) is 202 cm³/mol. The van der Waals surface area contributed by atoms with Crippen molar-refractivity contribution >= 4 is 58.6 Å². The summed E-state index contributed by atoms with van der Waals surface area (Å²) >= 11 is 6.03. The Balaban J connectivity index is 1.08. The number of hydrogen-bond donors (Lipinski definition) is 5. The first kappa shape index (κ1) is 39.9. The van der Waals surface area contributed by atoms with Gasteiger partial charge < -0.3 is 36.1 Å². The molecule has 294 valence electrons. The first-order valence-corrected chi connectivity index (χ1v) is 17.5. The SMILES string of the molecule is COC(=O)[C@H](CNC(=O)C(=O)Nc1cccc(-c2ccncc2)c1)NC(=O)c1ccc(Nc2nc(NC3(c4ccc(Cl)cc4)CC3)nc(OCC(F)(F)F)n2)cc1. The first-order valence-electron chi connectivity index (χ1n) is 17.1. The van der Waals surface area contributed by atoms with Crippen LogP contribution >= 0.6 is 11.6 Å². The van der Waals surface area contributed by atoms with Crippen molar-refractivity contribution in [1.82, 2.24) is 30.6 Å². The van der Waals surface area contributed by atoms with Gasteiger partial charge in [-0.25, -0.2) is 4.79 Å². The van der Waals surface area contributed by atoms with Gasteiger partial charge in [0.25, 0.3) is 5.91 Å². The van der Waals surface area contributed by atoms with Gasteiger partial charge in [-0.05, 0) is 90.2 Å². The van der Waals surface area contributed by atoms with Gasteiger partial charge in [-0.2, -0.15) is 28.1 Å². The van der Waals surface area contributed by atoms with Crippen LogP contribution in [0.25, 0.3) is 11.1 Å². The minimum absolute atomic E-state index is 0.0400. The van der Waals surface area contributed by atoms with Crippen LogP contribution in [0.3, 0.4) is 0 Å². The van der Waals surface area contributed by atoms with E-state index in [2.05, 4.69) is 46.5 Å². The molecule has 5 aromatic rings. The van der Waals surface area contributed by atoms with Crippen molar-refractivity contribution in [2.75, 3.05) is 36.2 Å². The fourth-order valence-corrected chi connectivity index (χ4v) is 5.59. The lowest BCUT2D eigenvalue weighted by Gasteiger charge is -2.19. The predicted octanol–water partition coefficient (Wildman–Crippen LogP) is 5.40. The minimum Gasteiger partial charge on any atom is -0.467 e. The van der Waals surface area contributed by atoms with Gasteiger partial charge in [0.15, 0.2) is 6.61 Å². The number of amides is 3. The molecule has 0 unspecified atom stereocenters. The normalized spacial score (nSPS) is 13.4. The first-order chi connectivity index (χ1) is 27.3. The number of anilines is 4. The van der Waals surface area contributed by atoms with Crippen LogP contribution in [0.15, 0.2) is 97.3 Å². The lowest BCUT2D eigenvalue weighted by atomic mass is 10.1. The van der Waals surface area contributed by atoms with Crippen LogP contribution < -0.4 is 31.3 Å². The van der Waals surface area contributed by atoms with Crippen molar-refractivity contribution in [1.29, 1.82) is 0 Å². The van der Waals surface area contributed by atoms with Crippen molar-refractivity contribution in [2.24, 2.45) is 0 Å². The summed E-state index contributed by atoms with van der Waals surface area (Å²) in [5.41, 5.74) is 2.71. The monoisotopic (exact) mass is 803 g/mol. The van der Waals surface area contributed by atoms with Crippen LogP contribution in [0.4, 0.5) is 36.4 Å². The van der Waals surface area contributed by atoms with Crippen LogP contribution in [0.5, 0.6) is 6.01 Å². The van der Waals surface area contributed by atoms with Gasteiger partial charge in [0.1, 0.15) is 6.04 Å². The number of esters is 1. The smallest absolute Gasteiger partial charge is 0.422 e. The number of carbonyl (C=O) groups excluding carboxylic acids is 4. The summed E-state index contributed by atoms with van der Waals surface area (Å²) < 4.78 is 48.5. The Morgan fingerprint density at radius 3 is 2.21 bits per heavy atom. The van der Waals surface area contributed by atoms with Gasteiger partial charge in [0.05, 0.1) is 12.6 Å². The fourth-order valence-electron chi connectivity index (χ4n) is 5.47. The van der Waals surface area contributed by atoms with E-state index >= 15 is 0 Å². The van der Waals surface area contributed by atoms with E-state index < -0.39 is 60.6 Å². The number of methoxy groups -OCH3 is 1. The highest BCUT2D eigenvalue weighted by molar-refractivity contribution is 6.39. The number of carbonyl (C=O) groups is 4. The zero-order valence-corrected chi connectivity index (χ0v) is 30.6. The summed E-state index contributed by atoms with van der Waals surface area (Å²) in [6, 6.07) is 21.2. The molecule has 1 fully saturated rings. The molecule has 1 saturated carbocycles. The molecule has 1 aliphatic carbocycles. The fraction of sp³-hybridized carbons (Fsp3) is 0.211. The molecule has 3 aromatic carbocycles. The molecule has 0 saturated heterocycles. The molecule has 1 atom stereocenters. The van der Waals surface area contributed by atoms with Crippen LogP contribution in [-0.4, -0.2) is 76.1 Å². The average Bonchev–Trinajstić information content (AvgIpc) is 3.99. The van der Waals surface area contributed by atoms with Crippen LogP contribution in [0.1, 0.15) is 28.8 Å². The molecule has 15 nitrogen and oxygen atoms in total. The summed E-state index contributed by atoms with van der Waals surface area (Å²) in [6.45, 7) is -2.11. The maximum Gasteiger partial charge on any atom is 0.422 e. The molecule has 0 spiro atoms. The molecular weight excluding hydrogens is 771 g/mol. The Kier molecular flexibility index (Phi) is 12.1. The second kappa shape index (κ2) is 17.3. The molecule has 3 amide bonds. The van der Waals surface area contributed by atoms with E-state index in [1.54, 1.807) is 54.9 Å². The second-order valence-corrected chi connectivity index (χ2v) is 13.1. The van der Waals surface area contributed by atoms with Gasteiger partial charge >= 0.3 is 30.0 Å². The van der Waals surface area contributed by atoms with Crippen LogP contribution in [-0.2, 0) is 24.7 Å². The number of ether oxygens (including phenoxy) is 2. The van der Waals surface area contributed by atoms with E-state index in [4.69, 9.17) is 21.1 Å². The number of aromatic nitrogens is 4. The number of hydrogen-bond acceptors (Lipinski definition) is 12. The van der Waals surface area contributed by atoms with E-state index in [0.29, 0.717) is 29.2 Å². The number of nitrogens with one attached hydrogen (secondary N) is 5. The summed E-state index contributed by atoms with van der Waals surface area (Å²) in [4.78, 5) is 67.3. The third-order valence-electron chi connectivity index (χ3n) is 8.48. The molecule has 6 rings (SSSR count). The largest absolute Gasteiger partial charge is 0.467 e. The van der Waals surface area contributed by atoms with Crippen molar-refractivity contribution in [2.45, 2.75) is 30.6 Å². The number of rotatable bonds is 14. The molecule has 5 N–H and O–H groups in total. The topological polar surface area (TPSA) is 198 Å². The quantitative estimate of drug-likeness (QED) is 0.0709. The molecule has 2 heterocycles. The van der Waals surface area contributed by atoms with Crippen LogP contribution in [0, 0.1) is 0 Å². The molecule has 0 bridgehead atoms. The Bertz CT molecular complexity index is 2240. The number of pyridine rings is 1. The standard InChI is InChI=1S/C38H33ClF3N9O6/c1-56-33(55)29(20-44-31(53)32(54)45-28-4-2-3-24(19-28)22-13-17-43-18-14-22)47-30(52)23-5-11-27(12-6-23)46-34-48-35(50-36(49-34)57-21-38(40,41)42)51-37(15-16-37)25-7-9-26(39)10-8-25/h2-14,17-19,29H,15-16,20-21H2,1H3,(H,44,53)(H,45,54)(H,47,52)(H2,46,48,49,50,51)/t29-/m0/s1. The second-order valence-electron chi connectivity index (χ2n) is 12.6. The zero-order valence-electron chi connectivity index (χ0n) is 29.9. The molecule has 57 heavy (non-hydrogen) atoms. The highest BCUT2D eigenvalue weighted by Gasteiger charge is 2.45. The zero-order chi connectivity index (χ0) is 40.6. The minimum atomic E-state index is -4.65. The summed E-state index contributed by atoms with van der Waals surface area (Å²) in [5.74, 6) is -3.88. The van der Waals surface area contributed by atoms with Gasteiger partial charge in [-0.15, -0.1) is 0 Å². The summed E-state index contributed by atoms with van der Waals surface area (Å²) in [7, 11) is 1.09. The Hall–Kier alpha value is -6.82. The van der Waals surface area contributed by atoms with E-state index in [0.717, 1.165) is 23.8 Å². The average molecular weight is 804 g/mol. The molecule has 2 aromatic heterocycles. The molecule has 0 radical (unpaired) electrons. The maximum atomic E-state index is 13.1. The summed E-state index contributed by atoms with van der Waals surface area (Å²) in [6.07, 6.45) is 0.00380. The number of halogens is 4. The number of benzene rings is 3. The van der Waals surface area contributed by atoms with E-state index in [1.165, 1.54) is 24.3 Å². The van der Waals surface area contributed by atoms with E-state index in [1.807, 2.05) is 18.2 Å². The maximum absolute atomic E-state index is 13.1. The molecule has 1 aliphatic rings. The molecular formula is C38H33ClF3N9O6. The van der Waals surface area contributed by atoms with Gasteiger partial charge in [-0.1, -0.05) is 35.9 Å². The number of alkyl halides is 3. The highest BCUT2D eigenvalue weighted by Crippen LogP contribution is 2.48. The third-order valence-corrected chi connectivity index (χ3v) is 8.73. The molecule has 19 heteroatoms. The van der Waals surface area contributed by atoms with Gasteiger partial charge in [0.2, 0.25) is 11.9 Å². The van der Waals surface area contributed by atoms with Crippen molar-refractivity contribution in [3.05, 3.63) is 113 Å². The Morgan fingerprint density at radius 2 is 1.54 bits per heavy atom. The van der Waals surface area contributed by atoms with Crippen molar-refractivity contribution in [3.8, 4) is 17.1 Å². The Labute approximate surface area is 327 Å². The lowest BCUT2D eigenvalue weighted by Crippen LogP contribution is -2.50. The van der Waals surface area contributed by atoms with E-state index in [9.17, 15) is 32.3 Å². The lowest BCUT2D eigenvalue weighted by molar-refractivity contribution is -0.154. The van der Waals surface area contributed by atoms with E-state index in [-0.39, 0.29) is 17.5 Å².